The average Bonchev–Trinajstić information content (AvgIpc) is 2.03. The highest BCUT2D eigenvalue weighted by Gasteiger charge is 2.46. The Labute approximate surface area is 59.6 Å². The van der Waals surface area contributed by atoms with E-state index in [9.17, 15) is 4.79 Å². The van der Waals surface area contributed by atoms with Gasteiger partial charge in [-0.3, -0.25) is 4.79 Å². The number of carbonyl (C=O) groups is 1. The van der Waals surface area contributed by atoms with Crippen molar-refractivity contribution in [3.63, 3.8) is 0 Å². The zero-order chi connectivity index (χ0) is 7.14. The van der Waals surface area contributed by atoms with Crippen LogP contribution < -0.4 is 0 Å². The van der Waals surface area contributed by atoms with Crippen LogP contribution in [0.25, 0.3) is 0 Å². The standard InChI is InChI=1S/C7H11NO2/c9-6-5-3-1-2-4-8(5)7(6)10/h5-6,9H,1-4H2/t5-,6-/m1/s1. The van der Waals surface area contributed by atoms with E-state index in [-0.39, 0.29) is 11.9 Å². The molecular formula is C7H11NO2. The first kappa shape index (κ1) is 6.16. The van der Waals surface area contributed by atoms with E-state index < -0.39 is 6.10 Å². The van der Waals surface area contributed by atoms with Gasteiger partial charge in [-0.25, -0.2) is 0 Å². The molecule has 1 amide bonds. The molecule has 56 valence electrons. The molecule has 2 aliphatic rings. The molecule has 0 bridgehead atoms. The lowest BCUT2D eigenvalue weighted by molar-refractivity contribution is -0.169. The van der Waals surface area contributed by atoms with Gasteiger partial charge in [0, 0.05) is 6.54 Å². The minimum absolute atomic E-state index is 0.0651. The van der Waals surface area contributed by atoms with Crippen molar-refractivity contribution < 1.29 is 9.90 Å². The smallest absolute Gasteiger partial charge is 0.253 e. The van der Waals surface area contributed by atoms with Crippen LogP contribution in [-0.4, -0.2) is 34.6 Å². The maximum Gasteiger partial charge on any atom is 0.253 e. The molecule has 0 unspecified atom stereocenters. The summed E-state index contributed by atoms with van der Waals surface area (Å²) in [5.74, 6) is -0.0651. The minimum atomic E-state index is -0.666. The number of amides is 1. The Morgan fingerprint density at radius 1 is 1.50 bits per heavy atom. The Bertz CT molecular complexity index is 169. The first-order valence-electron chi connectivity index (χ1n) is 3.79. The summed E-state index contributed by atoms with van der Waals surface area (Å²) >= 11 is 0. The number of hydrogen-bond donors (Lipinski definition) is 1. The molecular weight excluding hydrogens is 130 g/mol. The number of piperidine rings is 1. The molecule has 1 N–H and O–H groups in total. The molecule has 2 atom stereocenters. The molecule has 10 heavy (non-hydrogen) atoms. The summed E-state index contributed by atoms with van der Waals surface area (Å²) in [6, 6.07) is 0.168. The van der Waals surface area contributed by atoms with Gasteiger partial charge < -0.3 is 10.0 Å². The largest absolute Gasteiger partial charge is 0.381 e. The minimum Gasteiger partial charge on any atom is -0.381 e. The second-order valence-corrected chi connectivity index (χ2v) is 3.04. The number of fused-ring (bicyclic) bond motifs is 1. The fraction of sp³-hybridized carbons (Fsp3) is 0.857. The summed E-state index contributed by atoms with van der Waals surface area (Å²) in [6.07, 6.45) is 2.59. The Morgan fingerprint density at radius 2 is 2.30 bits per heavy atom. The van der Waals surface area contributed by atoms with Crippen LogP contribution in [0.2, 0.25) is 0 Å². The number of β-lactam (4-membered cyclic amide) rings is 1. The second-order valence-electron chi connectivity index (χ2n) is 3.04. The molecule has 0 saturated carbocycles. The van der Waals surface area contributed by atoms with Gasteiger partial charge in [0.1, 0.15) is 0 Å². The topological polar surface area (TPSA) is 40.5 Å². The summed E-state index contributed by atoms with van der Waals surface area (Å²) in [5, 5.41) is 9.12. The highest BCUT2D eigenvalue weighted by atomic mass is 16.3. The monoisotopic (exact) mass is 141 g/mol. The van der Waals surface area contributed by atoms with Gasteiger partial charge in [0.15, 0.2) is 6.10 Å². The molecule has 2 heterocycles. The summed E-state index contributed by atoms with van der Waals surface area (Å²) in [6.45, 7) is 0.862. The predicted octanol–water partition coefficient (Wildman–Crippen LogP) is -0.258. The van der Waals surface area contributed by atoms with Crippen LogP contribution >= 0.6 is 0 Å². The Balaban J connectivity index is 2.06. The number of hydrogen-bond acceptors (Lipinski definition) is 2. The van der Waals surface area contributed by atoms with Crippen LogP contribution in [0.1, 0.15) is 19.3 Å². The van der Waals surface area contributed by atoms with Gasteiger partial charge in [-0.2, -0.15) is 0 Å². The first-order chi connectivity index (χ1) is 4.80. The average molecular weight is 141 g/mol. The maximum absolute atomic E-state index is 10.9. The molecule has 0 radical (unpaired) electrons. The van der Waals surface area contributed by atoms with Crippen LogP contribution in [0.5, 0.6) is 0 Å². The van der Waals surface area contributed by atoms with E-state index in [4.69, 9.17) is 5.11 Å². The molecule has 3 heteroatoms. The van der Waals surface area contributed by atoms with Crippen LogP contribution in [0.15, 0.2) is 0 Å². The van der Waals surface area contributed by atoms with Gasteiger partial charge in [-0.1, -0.05) is 0 Å². The molecule has 2 saturated heterocycles. The molecule has 0 spiro atoms. The Morgan fingerprint density at radius 3 is 3.00 bits per heavy atom. The number of rotatable bonds is 0. The molecule has 0 aromatic carbocycles. The lowest BCUT2D eigenvalue weighted by Gasteiger charge is -2.47. The maximum atomic E-state index is 10.9. The fourth-order valence-corrected chi connectivity index (χ4v) is 1.81. The van der Waals surface area contributed by atoms with Gasteiger partial charge in [0.2, 0.25) is 0 Å². The van der Waals surface area contributed by atoms with Crippen molar-refractivity contribution in [1.29, 1.82) is 0 Å². The van der Waals surface area contributed by atoms with Crippen LogP contribution in [-0.2, 0) is 4.79 Å². The fourth-order valence-electron chi connectivity index (χ4n) is 1.81. The Kier molecular flexibility index (Phi) is 1.20. The molecule has 3 nitrogen and oxygen atoms in total. The summed E-state index contributed by atoms with van der Waals surface area (Å²) < 4.78 is 0. The number of aliphatic hydroxyl groups is 1. The molecule has 2 aliphatic heterocycles. The van der Waals surface area contributed by atoms with E-state index in [0.717, 1.165) is 25.8 Å². The van der Waals surface area contributed by atoms with Gasteiger partial charge in [0.25, 0.3) is 5.91 Å². The molecule has 2 fully saturated rings. The van der Waals surface area contributed by atoms with Crippen molar-refractivity contribution in [2.75, 3.05) is 6.54 Å². The zero-order valence-electron chi connectivity index (χ0n) is 5.79. The first-order valence-corrected chi connectivity index (χ1v) is 3.79. The van der Waals surface area contributed by atoms with Crippen molar-refractivity contribution in [3.05, 3.63) is 0 Å². The lowest BCUT2D eigenvalue weighted by Crippen LogP contribution is -2.66. The van der Waals surface area contributed by atoms with E-state index in [1.807, 2.05) is 0 Å². The second kappa shape index (κ2) is 1.95. The quantitative estimate of drug-likeness (QED) is 0.472. The molecule has 0 aromatic rings. The third kappa shape index (κ3) is 0.611. The normalized spacial score (nSPS) is 38.9. The van der Waals surface area contributed by atoms with Gasteiger partial charge in [-0.15, -0.1) is 0 Å². The third-order valence-corrected chi connectivity index (χ3v) is 2.45. The summed E-state index contributed by atoms with van der Waals surface area (Å²) in [4.78, 5) is 12.7. The van der Waals surface area contributed by atoms with Crippen LogP contribution in [0.4, 0.5) is 0 Å². The van der Waals surface area contributed by atoms with Crippen molar-refractivity contribution >= 4 is 5.91 Å². The molecule has 0 aromatic heterocycles. The molecule has 2 rings (SSSR count). The van der Waals surface area contributed by atoms with Crippen molar-refractivity contribution in [1.82, 2.24) is 4.90 Å². The third-order valence-electron chi connectivity index (χ3n) is 2.45. The summed E-state index contributed by atoms with van der Waals surface area (Å²) in [5.41, 5.74) is 0. The number of carbonyl (C=O) groups excluding carboxylic acids is 1. The van der Waals surface area contributed by atoms with Gasteiger partial charge in [0.05, 0.1) is 6.04 Å². The van der Waals surface area contributed by atoms with E-state index >= 15 is 0 Å². The highest BCUT2D eigenvalue weighted by molar-refractivity contribution is 5.88. The van der Waals surface area contributed by atoms with E-state index in [1.165, 1.54) is 0 Å². The van der Waals surface area contributed by atoms with Gasteiger partial charge >= 0.3 is 0 Å². The van der Waals surface area contributed by atoms with Crippen LogP contribution in [0.3, 0.4) is 0 Å². The number of aliphatic hydroxyl groups excluding tert-OH is 1. The van der Waals surface area contributed by atoms with Crippen molar-refractivity contribution in [2.45, 2.75) is 31.4 Å². The lowest BCUT2D eigenvalue weighted by atomic mass is 9.89. The zero-order valence-corrected chi connectivity index (χ0v) is 5.79. The highest BCUT2D eigenvalue weighted by Crippen LogP contribution is 2.28. The van der Waals surface area contributed by atoms with E-state index in [0.29, 0.717) is 0 Å². The van der Waals surface area contributed by atoms with E-state index in [2.05, 4.69) is 0 Å². The van der Waals surface area contributed by atoms with Crippen molar-refractivity contribution in [2.24, 2.45) is 0 Å². The molecule has 0 aliphatic carbocycles. The van der Waals surface area contributed by atoms with Crippen LogP contribution in [0, 0.1) is 0 Å². The van der Waals surface area contributed by atoms with Gasteiger partial charge in [-0.05, 0) is 19.3 Å². The Hall–Kier alpha value is -0.570. The summed E-state index contributed by atoms with van der Waals surface area (Å²) in [7, 11) is 0. The predicted molar refractivity (Wildman–Crippen MR) is 35.4 cm³/mol. The van der Waals surface area contributed by atoms with Crippen molar-refractivity contribution in [3.8, 4) is 0 Å². The van der Waals surface area contributed by atoms with E-state index in [1.54, 1.807) is 4.90 Å². The number of nitrogens with zero attached hydrogens (tertiary/aromatic N) is 1. The SMILES string of the molecule is O=C1[C@H](O)[C@H]2CCCCN12.